The minimum atomic E-state index is -4.98. The van der Waals surface area contributed by atoms with Crippen LogP contribution in [0.2, 0.25) is 0 Å². The maximum absolute atomic E-state index is 13.5. The lowest BCUT2D eigenvalue weighted by molar-refractivity contribution is -0.0599. The molecule has 3 aliphatic heterocycles. The van der Waals surface area contributed by atoms with Crippen LogP contribution in [0, 0.1) is 0 Å². The molecule has 0 radical (unpaired) electrons. The molecule has 30 heteroatoms. The zero-order valence-corrected chi connectivity index (χ0v) is 32.6. The van der Waals surface area contributed by atoms with Crippen molar-refractivity contribution in [3.8, 4) is 0 Å². The summed E-state index contributed by atoms with van der Waals surface area (Å²) in [5.41, 5.74) is 19.6. The highest BCUT2D eigenvalue weighted by Crippen LogP contribution is 2.52. The zero-order valence-electron chi connectivity index (χ0n) is 30.9. The van der Waals surface area contributed by atoms with Crippen molar-refractivity contribution in [3.63, 3.8) is 0 Å². The number of aliphatic hydroxyl groups excluding tert-OH is 2. The first-order valence-corrected chi connectivity index (χ1v) is 21.1. The lowest BCUT2D eigenvalue weighted by Crippen LogP contribution is -2.31. The summed E-state index contributed by atoms with van der Waals surface area (Å²) in [5.74, 6) is 0.378. The third-order valence-electron chi connectivity index (χ3n) is 10.2. The van der Waals surface area contributed by atoms with Crippen LogP contribution in [0.15, 0.2) is 38.0 Å². The Hall–Kier alpha value is -4.93. The Bertz CT molecular complexity index is 2630. The van der Waals surface area contributed by atoms with Crippen molar-refractivity contribution < 1.29 is 61.4 Å². The van der Waals surface area contributed by atoms with E-state index in [0.29, 0.717) is 22.3 Å². The fourth-order valence-electron chi connectivity index (χ4n) is 7.29. The van der Waals surface area contributed by atoms with Gasteiger partial charge in [-0.25, -0.2) is 54.0 Å². The van der Waals surface area contributed by atoms with Gasteiger partial charge in [0.1, 0.15) is 84.7 Å². The van der Waals surface area contributed by atoms with Crippen LogP contribution < -0.4 is 17.2 Å². The number of phosphoric acid groups is 2. The number of nitrogens with two attached hydrogens (primary N) is 3. The number of nitrogen functional groups attached to an aromatic ring is 3. The van der Waals surface area contributed by atoms with Crippen molar-refractivity contribution in [1.82, 2.24) is 58.6 Å². The van der Waals surface area contributed by atoms with Gasteiger partial charge in [0, 0.05) is 19.3 Å². The van der Waals surface area contributed by atoms with Gasteiger partial charge in [-0.1, -0.05) is 0 Å². The Balaban J connectivity index is 0.876. The van der Waals surface area contributed by atoms with E-state index in [1.807, 2.05) is 0 Å². The van der Waals surface area contributed by atoms with E-state index in [9.17, 15) is 29.1 Å². The number of phosphoric ester groups is 2. The Kier molecular flexibility index (Phi) is 10.7. The molecule has 9 heterocycles. The monoisotopic (exact) mass is 877 g/mol. The quantitative estimate of drug-likeness (QED) is 0.0676. The molecular weight excluding hydrogens is 840 g/mol. The fourth-order valence-corrected chi connectivity index (χ4v) is 9.22. The maximum Gasteiger partial charge on any atom is 0.472 e. The molecule has 3 saturated heterocycles. The molecule has 11 atom stereocenters. The van der Waals surface area contributed by atoms with E-state index in [1.54, 1.807) is 4.57 Å². The fraction of sp³-hybridized carbons (Fsp3) is 0.500. The Morgan fingerprint density at radius 2 is 0.983 bits per heavy atom. The lowest BCUT2D eigenvalue weighted by atomic mass is 10.2. The molecule has 9 rings (SSSR count). The third-order valence-corrected chi connectivity index (χ3v) is 12.2. The number of hydrogen-bond donors (Lipinski definition) is 7. The minimum absolute atomic E-state index is 0.0337. The predicted octanol–water partition coefficient (Wildman–Crippen LogP) is -0.527. The first kappa shape index (κ1) is 40.5. The largest absolute Gasteiger partial charge is 0.472 e. The van der Waals surface area contributed by atoms with Crippen LogP contribution in [0.3, 0.4) is 0 Å². The molecule has 0 aromatic carbocycles. The van der Waals surface area contributed by atoms with Gasteiger partial charge in [-0.2, -0.15) is 0 Å². The number of rotatable bonds is 14. The molecule has 0 bridgehead atoms. The third kappa shape index (κ3) is 7.77. The first-order valence-electron chi connectivity index (χ1n) is 18.1. The van der Waals surface area contributed by atoms with Crippen LogP contribution in [0.1, 0.15) is 37.9 Å². The number of aromatic nitrogens is 12. The number of nitrogens with zero attached hydrogens (tertiary/aromatic N) is 12. The molecule has 60 heavy (non-hydrogen) atoms. The second-order valence-corrected chi connectivity index (χ2v) is 16.7. The van der Waals surface area contributed by atoms with Gasteiger partial charge in [0.2, 0.25) is 0 Å². The molecular formula is C30H37N15O13P2. The second-order valence-electron chi connectivity index (χ2n) is 13.9. The molecule has 0 spiro atoms. The summed E-state index contributed by atoms with van der Waals surface area (Å²) in [6, 6.07) is 0. The van der Waals surface area contributed by atoms with Crippen molar-refractivity contribution in [1.29, 1.82) is 0 Å². The van der Waals surface area contributed by atoms with Crippen molar-refractivity contribution in [3.05, 3.63) is 38.0 Å². The predicted molar refractivity (Wildman–Crippen MR) is 199 cm³/mol. The van der Waals surface area contributed by atoms with E-state index >= 15 is 0 Å². The molecule has 6 aromatic rings. The average Bonchev–Trinajstić information content (AvgIpc) is 4.06. The Morgan fingerprint density at radius 3 is 1.43 bits per heavy atom. The number of fused-ring (bicyclic) bond motifs is 3. The van der Waals surface area contributed by atoms with Gasteiger partial charge in [0.05, 0.1) is 44.9 Å². The summed E-state index contributed by atoms with van der Waals surface area (Å²) < 4.78 is 71.2. The van der Waals surface area contributed by atoms with Crippen LogP contribution >= 0.6 is 15.6 Å². The lowest BCUT2D eigenvalue weighted by Gasteiger charge is -2.24. The smallest absolute Gasteiger partial charge is 0.394 e. The zero-order chi connectivity index (χ0) is 41.9. The van der Waals surface area contributed by atoms with Gasteiger partial charge in [-0.15, -0.1) is 0 Å². The van der Waals surface area contributed by atoms with Crippen LogP contribution in [0.4, 0.5) is 17.5 Å². The summed E-state index contributed by atoms with van der Waals surface area (Å²) in [7, 11) is -9.95. The number of ether oxygens (including phenoxy) is 3. The summed E-state index contributed by atoms with van der Waals surface area (Å²) >= 11 is 0. The second kappa shape index (κ2) is 15.8. The van der Waals surface area contributed by atoms with Crippen LogP contribution in [-0.2, 0) is 41.4 Å². The van der Waals surface area contributed by atoms with Crippen LogP contribution in [0.5, 0.6) is 0 Å². The standard InChI is InChI=1S/C30H37N15O13P2/c31-25-22-28(37-7-34-25)43(10-40-22)19-1-13(47)17(55-19)5-52-59(48,49)58-15-3-21(45-12-42-24-27(33)36-9-39-30(24)45)56-18(15)6-53-60(50,51)57-14-2-20(54-16(14)4-46)44-11-41-23-26(32)35-8-38-29(23)44/h7-21,46-47H,1-6H2,(H,48,49)(H,50,51)(H2,31,34,37)(H2,32,35,38)(H2,33,36,39)/t13-,14-,15-,16+,17+,18+,19+,20+,21+/m0/s1. The highest BCUT2D eigenvalue weighted by atomic mass is 31.2. The Labute approximate surface area is 335 Å². The molecule has 3 fully saturated rings. The molecule has 2 unspecified atom stereocenters. The maximum atomic E-state index is 13.5. The Morgan fingerprint density at radius 1 is 0.600 bits per heavy atom. The number of hydrogen-bond acceptors (Lipinski definition) is 23. The van der Waals surface area contributed by atoms with Gasteiger partial charge in [-0.3, -0.25) is 31.8 Å². The van der Waals surface area contributed by atoms with Gasteiger partial charge < -0.3 is 51.4 Å². The summed E-state index contributed by atoms with van der Waals surface area (Å²) in [4.78, 5) is 58.8. The normalized spacial score (nSPS) is 29.2. The van der Waals surface area contributed by atoms with Crippen molar-refractivity contribution in [2.45, 2.75) is 74.6 Å². The van der Waals surface area contributed by atoms with Gasteiger partial charge in [-0.05, 0) is 0 Å². The van der Waals surface area contributed by atoms with E-state index in [4.69, 9.17) is 49.5 Å². The van der Waals surface area contributed by atoms with E-state index in [1.165, 1.54) is 47.1 Å². The molecule has 0 aliphatic carbocycles. The molecule has 10 N–H and O–H groups in total. The summed E-state index contributed by atoms with van der Waals surface area (Å²) in [6.45, 7) is -1.87. The molecule has 0 saturated carbocycles. The van der Waals surface area contributed by atoms with E-state index in [-0.39, 0.29) is 47.9 Å². The van der Waals surface area contributed by atoms with Crippen LogP contribution in [0.25, 0.3) is 33.5 Å². The molecule has 3 aliphatic rings. The average molecular weight is 878 g/mol. The molecule has 6 aromatic heterocycles. The number of anilines is 3. The van der Waals surface area contributed by atoms with Gasteiger partial charge in [0.25, 0.3) is 0 Å². The summed E-state index contributed by atoms with van der Waals surface area (Å²) in [5, 5.41) is 20.8. The highest BCUT2D eigenvalue weighted by Gasteiger charge is 2.46. The highest BCUT2D eigenvalue weighted by molar-refractivity contribution is 7.47. The van der Waals surface area contributed by atoms with E-state index in [2.05, 4.69) is 44.9 Å². The number of imidazole rings is 3. The van der Waals surface area contributed by atoms with Crippen molar-refractivity contribution >= 4 is 66.6 Å². The van der Waals surface area contributed by atoms with Crippen molar-refractivity contribution in [2.75, 3.05) is 37.0 Å². The number of aliphatic hydroxyl groups is 2. The van der Waals surface area contributed by atoms with Gasteiger partial charge >= 0.3 is 15.6 Å². The van der Waals surface area contributed by atoms with E-state index in [0.717, 1.165) is 0 Å². The topological polar surface area (TPSA) is 389 Å². The van der Waals surface area contributed by atoms with E-state index < -0.39 is 90.8 Å². The van der Waals surface area contributed by atoms with Crippen LogP contribution in [-0.4, -0.2) is 135 Å². The molecule has 0 amide bonds. The SMILES string of the molecule is Nc1ncnc2c1ncn2[C@H]1C[C@H](OP(=O)(O)OC[C@H]2O[C@@H](n3cnc4c(N)ncnc43)C[C@@H]2OP(=O)(O)OC[C@H]2O[C@@H](n3cnc4c(N)ncnc43)C[C@@H]2O)[C@@H](CO)O1. The molecule has 320 valence electrons. The van der Waals surface area contributed by atoms with Gasteiger partial charge in [0.15, 0.2) is 34.4 Å². The van der Waals surface area contributed by atoms with Crippen molar-refractivity contribution in [2.24, 2.45) is 0 Å². The minimum Gasteiger partial charge on any atom is -0.394 e. The first-order chi connectivity index (χ1) is 28.8. The molecule has 28 nitrogen and oxygen atoms in total. The summed E-state index contributed by atoms with van der Waals surface area (Å²) in [6.07, 6.45) is -1.84.